The van der Waals surface area contributed by atoms with Crippen molar-refractivity contribution in [2.24, 2.45) is 5.92 Å². The summed E-state index contributed by atoms with van der Waals surface area (Å²) in [6.45, 7) is 4.44. The highest BCUT2D eigenvalue weighted by molar-refractivity contribution is 5.53. The van der Waals surface area contributed by atoms with Gasteiger partial charge < -0.3 is 10.8 Å². The maximum absolute atomic E-state index is 9.31. The first kappa shape index (κ1) is 11.9. The maximum atomic E-state index is 9.31. The summed E-state index contributed by atoms with van der Waals surface area (Å²) in [6.07, 6.45) is 4.76. The molecule has 0 aliphatic rings. The molecule has 1 atom stereocenters. The number of benzene rings is 1. The lowest BCUT2D eigenvalue weighted by atomic mass is 9.92. The first-order valence-corrected chi connectivity index (χ1v) is 5.74. The molecular weight excluding hydrogens is 186 g/mol. The molecule has 1 aromatic rings. The molecule has 15 heavy (non-hydrogen) atoms. The summed E-state index contributed by atoms with van der Waals surface area (Å²) in [5.74, 6) is 0.918. The van der Waals surface area contributed by atoms with Crippen molar-refractivity contribution in [1.82, 2.24) is 0 Å². The molecule has 0 radical (unpaired) electrons. The minimum atomic E-state index is 0.183. The second-order valence-corrected chi connectivity index (χ2v) is 4.16. The predicted octanol–water partition coefficient (Wildman–Crippen LogP) is 3.34. The number of nitrogen functional groups attached to an aromatic ring is 1. The number of phenols is 1. The molecule has 0 aliphatic carbocycles. The SMILES string of the molecule is CCCC(CC)Cc1ccc(O)c(N)c1. The van der Waals surface area contributed by atoms with Crippen LogP contribution in [0.4, 0.5) is 5.69 Å². The van der Waals surface area contributed by atoms with Crippen LogP contribution in [-0.4, -0.2) is 5.11 Å². The highest BCUT2D eigenvalue weighted by Gasteiger charge is 2.07. The third-order valence-corrected chi connectivity index (χ3v) is 2.89. The van der Waals surface area contributed by atoms with Gasteiger partial charge in [0.1, 0.15) is 5.75 Å². The van der Waals surface area contributed by atoms with Gasteiger partial charge in [0, 0.05) is 0 Å². The highest BCUT2D eigenvalue weighted by atomic mass is 16.3. The van der Waals surface area contributed by atoms with E-state index < -0.39 is 0 Å². The van der Waals surface area contributed by atoms with Crippen LogP contribution in [0.2, 0.25) is 0 Å². The van der Waals surface area contributed by atoms with Gasteiger partial charge in [0.05, 0.1) is 5.69 Å². The van der Waals surface area contributed by atoms with Crippen LogP contribution in [0.25, 0.3) is 0 Å². The predicted molar refractivity (Wildman–Crippen MR) is 64.9 cm³/mol. The second-order valence-electron chi connectivity index (χ2n) is 4.16. The Hall–Kier alpha value is -1.18. The molecule has 0 spiro atoms. The summed E-state index contributed by atoms with van der Waals surface area (Å²) >= 11 is 0. The van der Waals surface area contributed by atoms with E-state index in [9.17, 15) is 5.11 Å². The number of hydrogen-bond acceptors (Lipinski definition) is 2. The summed E-state index contributed by atoms with van der Waals surface area (Å²) in [5.41, 5.74) is 7.37. The van der Waals surface area contributed by atoms with Crippen LogP contribution in [0.5, 0.6) is 5.75 Å². The fourth-order valence-electron chi connectivity index (χ4n) is 1.92. The average Bonchev–Trinajstić information content (AvgIpc) is 2.23. The molecule has 0 fully saturated rings. The van der Waals surface area contributed by atoms with E-state index >= 15 is 0 Å². The van der Waals surface area contributed by atoms with Crippen LogP contribution in [0, 0.1) is 5.92 Å². The van der Waals surface area contributed by atoms with Gasteiger partial charge in [0.25, 0.3) is 0 Å². The topological polar surface area (TPSA) is 46.2 Å². The minimum Gasteiger partial charge on any atom is -0.506 e. The highest BCUT2D eigenvalue weighted by Crippen LogP contribution is 2.24. The standard InChI is InChI=1S/C13H21NO/c1-3-5-10(4-2)8-11-6-7-13(15)12(14)9-11/h6-7,9-10,15H,3-5,8,14H2,1-2H3. The molecule has 0 saturated heterocycles. The smallest absolute Gasteiger partial charge is 0.138 e. The van der Waals surface area contributed by atoms with Gasteiger partial charge in [0.15, 0.2) is 0 Å². The van der Waals surface area contributed by atoms with Crippen LogP contribution in [-0.2, 0) is 6.42 Å². The fraction of sp³-hybridized carbons (Fsp3) is 0.538. The summed E-state index contributed by atoms with van der Waals surface area (Å²) in [4.78, 5) is 0. The van der Waals surface area contributed by atoms with E-state index in [4.69, 9.17) is 5.73 Å². The van der Waals surface area contributed by atoms with Crippen LogP contribution < -0.4 is 5.73 Å². The van der Waals surface area contributed by atoms with Gasteiger partial charge in [-0.3, -0.25) is 0 Å². The van der Waals surface area contributed by atoms with Crippen molar-refractivity contribution in [2.45, 2.75) is 39.5 Å². The zero-order valence-corrected chi connectivity index (χ0v) is 9.66. The lowest BCUT2D eigenvalue weighted by molar-refractivity contribution is 0.460. The number of aromatic hydroxyl groups is 1. The van der Waals surface area contributed by atoms with Gasteiger partial charge in [-0.1, -0.05) is 39.2 Å². The Morgan fingerprint density at radius 2 is 2.07 bits per heavy atom. The number of anilines is 1. The van der Waals surface area contributed by atoms with E-state index in [2.05, 4.69) is 13.8 Å². The zero-order valence-electron chi connectivity index (χ0n) is 9.66. The molecule has 2 heteroatoms. The Labute approximate surface area is 92.1 Å². The van der Waals surface area contributed by atoms with Crippen molar-refractivity contribution in [3.63, 3.8) is 0 Å². The molecule has 3 N–H and O–H groups in total. The summed E-state index contributed by atoms with van der Waals surface area (Å²) in [6, 6.07) is 5.53. The molecule has 1 aromatic carbocycles. The van der Waals surface area contributed by atoms with Crippen molar-refractivity contribution in [1.29, 1.82) is 0 Å². The number of phenolic OH excluding ortho intramolecular Hbond substituents is 1. The van der Waals surface area contributed by atoms with E-state index in [1.807, 2.05) is 12.1 Å². The quantitative estimate of drug-likeness (QED) is 0.574. The molecular formula is C13H21NO. The van der Waals surface area contributed by atoms with Gasteiger partial charge in [0.2, 0.25) is 0 Å². The van der Waals surface area contributed by atoms with Crippen molar-refractivity contribution in [3.8, 4) is 5.75 Å². The van der Waals surface area contributed by atoms with E-state index in [1.165, 1.54) is 24.8 Å². The van der Waals surface area contributed by atoms with Gasteiger partial charge in [-0.15, -0.1) is 0 Å². The summed E-state index contributed by atoms with van der Waals surface area (Å²) in [7, 11) is 0. The molecule has 1 rings (SSSR count). The number of nitrogens with two attached hydrogens (primary N) is 1. The normalized spacial score (nSPS) is 12.7. The lowest BCUT2D eigenvalue weighted by Crippen LogP contribution is -2.03. The van der Waals surface area contributed by atoms with Gasteiger partial charge >= 0.3 is 0 Å². The molecule has 2 nitrogen and oxygen atoms in total. The largest absolute Gasteiger partial charge is 0.506 e. The molecule has 84 valence electrons. The Bertz CT molecular complexity index is 309. The number of hydrogen-bond donors (Lipinski definition) is 2. The van der Waals surface area contributed by atoms with Crippen LogP contribution in [0.3, 0.4) is 0 Å². The molecule has 0 bridgehead atoms. The maximum Gasteiger partial charge on any atom is 0.138 e. The van der Waals surface area contributed by atoms with Crippen molar-refractivity contribution in [2.75, 3.05) is 5.73 Å². The molecule has 0 amide bonds. The lowest BCUT2D eigenvalue weighted by Gasteiger charge is -2.14. The Morgan fingerprint density at radius 3 is 2.60 bits per heavy atom. The minimum absolute atomic E-state index is 0.183. The third-order valence-electron chi connectivity index (χ3n) is 2.89. The van der Waals surface area contributed by atoms with Crippen molar-refractivity contribution >= 4 is 5.69 Å². The van der Waals surface area contributed by atoms with Crippen molar-refractivity contribution < 1.29 is 5.11 Å². The first-order chi connectivity index (χ1) is 7.17. The molecule has 1 unspecified atom stereocenters. The summed E-state index contributed by atoms with van der Waals surface area (Å²) < 4.78 is 0. The Balaban J connectivity index is 2.66. The first-order valence-electron chi connectivity index (χ1n) is 5.74. The molecule has 0 saturated carbocycles. The van der Waals surface area contributed by atoms with E-state index in [0.717, 1.165) is 12.3 Å². The third kappa shape index (κ3) is 3.46. The Kier molecular flexibility index (Phi) is 4.47. The molecule has 0 aliphatic heterocycles. The van der Waals surface area contributed by atoms with Crippen LogP contribution in [0.1, 0.15) is 38.7 Å². The average molecular weight is 207 g/mol. The number of rotatable bonds is 5. The van der Waals surface area contributed by atoms with E-state index in [1.54, 1.807) is 6.07 Å². The fourth-order valence-corrected chi connectivity index (χ4v) is 1.92. The summed E-state index contributed by atoms with van der Waals surface area (Å²) in [5, 5.41) is 9.31. The van der Waals surface area contributed by atoms with E-state index in [-0.39, 0.29) is 5.75 Å². The van der Waals surface area contributed by atoms with Crippen LogP contribution >= 0.6 is 0 Å². The van der Waals surface area contributed by atoms with Gasteiger partial charge in [-0.2, -0.15) is 0 Å². The van der Waals surface area contributed by atoms with Crippen LogP contribution in [0.15, 0.2) is 18.2 Å². The van der Waals surface area contributed by atoms with E-state index in [0.29, 0.717) is 5.69 Å². The molecule has 0 aromatic heterocycles. The zero-order chi connectivity index (χ0) is 11.3. The van der Waals surface area contributed by atoms with Crippen molar-refractivity contribution in [3.05, 3.63) is 23.8 Å². The van der Waals surface area contributed by atoms with Gasteiger partial charge in [-0.05, 0) is 30.0 Å². The Morgan fingerprint density at radius 1 is 1.33 bits per heavy atom. The monoisotopic (exact) mass is 207 g/mol. The second kappa shape index (κ2) is 5.64. The van der Waals surface area contributed by atoms with Gasteiger partial charge in [-0.25, -0.2) is 0 Å². The molecule has 0 heterocycles.